The highest BCUT2D eigenvalue weighted by atomic mass is 16.5. The first kappa shape index (κ1) is 17.0. The number of carbonyl (C=O) groups excluding carboxylic acids is 2. The summed E-state index contributed by atoms with van der Waals surface area (Å²) >= 11 is 0. The Bertz CT molecular complexity index is 333. The summed E-state index contributed by atoms with van der Waals surface area (Å²) in [5, 5.41) is 2.89. The summed E-state index contributed by atoms with van der Waals surface area (Å²) in [5.74, 6) is 0.212. The third-order valence-corrected chi connectivity index (χ3v) is 4.09. The molecule has 0 bridgehead atoms. The lowest BCUT2D eigenvalue weighted by molar-refractivity contribution is -0.136. The molecule has 5 nitrogen and oxygen atoms in total. The van der Waals surface area contributed by atoms with E-state index in [1.807, 2.05) is 25.7 Å². The summed E-state index contributed by atoms with van der Waals surface area (Å²) in [4.78, 5) is 26.4. The van der Waals surface area contributed by atoms with Crippen molar-refractivity contribution in [3.63, 3.8) is 0 Å². The van der Waals surface area contributed by atoms with Gasteiger partial charge in [-0.1, -0.05) is 20.3 Å². The van der Waals surface area contributed by atoms with Crippen LogP contribution in [0.5, 0.6) is 0 Å². The molecule has 0 aliphatic carbocycles. The van der Waals surface area contributed by atoms with E-state index in [0.717, 1.165) is 19.3 Å². The van der Waals surface area contributed by atoms with E-state index in [9.17, 15) is 9.59 Å². The van der Waals surface area contributed by atoms with Crippen molar-refractivity contribution in [1.29, 1.82) is 0 Å². The minimum Gasteiger partial charge on any atom is -0.385 e. The average Bonchev–Trinajstić information content (AvgIpc) is 2.52. The Labute approximate surface area is 122 Å². The maximum Gasteiger partial charge on any atom is 0.245 e. The van der Waals surface area contributed by atoms with Crippen molar-refractivity contribution >= 4 is 11.8 Å². The van der Waals surface area contributed by atoms with Gasteiger partial charge in [0.05, 0.1) is 0 Å². The molecule has 0 spiro atoms. The van der Waals surface area contributed by atoms with Gasteiger partial charge in [0, 0.05) is 32.7 Å². The maximum atomic E-state index is 12.6. The highest BCUT2D eigenvalue weighted by Gasteiger charge is 2.35. The molecule has 0 radical (unpaired) electrons. The van der Waals surface area contributed by atoms with E-state index in [4.69, 9.17) is 4.74 Å². The Morgan fingerprint density at radius 1 is 1.40 bits per heavy atom. The Morgan fingerprint density at radius 3 is 2.70 bits per heavy atom. The molecular weight excluding hydrogens is 256 g/mol. The molecule has 0 saturated carbocycles. The van der Waals surface area contributed by atoms with Gasteiger partial charge in [0.25, 0.3) is 0 Å². The monoisotopic (exact) mass is 284 g/mol. The molecule has 5 heteroatoms. The molecule has 1 N–H and O–H groups in total. The number of hydrogen-bond donors (Lipinski definition) is 1. The number of hydrogen-bond acceptors (Lipinski definition) is 3. The first-order chi connectivity index (χ1) is 9.51. The van der Waals surface area contributed by atoms with Crippen LogP contribution in [0.3, 0.4) is 0 Å². The van der Waals surface area contributed by atoms with Crippen LogP contribution in [0, 0.1) is 5.92 Å². The molecule has 3 atom stereocenters. The van der Waals surface area contributed by atoms with Crippen LogP contribution in [0.15, 0.2) is 0 Å². The van der Waals surface area contributed by atoms with Crippen molar-refractivity contribution in [2.24, 2.45) is 5.92 Å². The van der Waals surface area contributed by atoms with E-state index in [0.29, 0.717) is 19.6 Å². The number of nitrogens with zero attached hydrogens (tertiary/aromatic N) is 1. The zero-order valence-corrected chi connectivity index (χ0v) is 13.1. The Hall–Kier alpha value is -1.10. The minimum absolute atomic E-state index is 0.0180. The molecule has 0 aromatic rings. The predicted molar refractivity (Wildman–Crippen MR) is 78.3 cm³/mol. The van der Waals surface area contributed by atoms with Gasteiger partial charge in [0.15, 0.2) is 0 Å². The van der Waals surface area contributed by atoms with Gasteiger partial charge < -0.3 is 15.0 Å². The predicted octanol–water partition coefficient (Wildman–Crippen LogP) is 1.56. The quantitative estimate of drug-likeness (QED) is 0.722. The van der Waals surface area contributed by atoms with Gasteiger partial charge >= 0.3 is 0 Å². The molecule has 2 amide bonds. The topological polar surface area (TPSA) is 58.6 Å². The van der Waals surface area contributed by atoms with E-state index in [1.54, 1.807) is 7.11 Å². The van der Waals surface area contributed by atoms with Crippen LogP contribution in [0.4, 0.5) is 0 Å². The SMILES string of the molecule is CCC(C)C1NC(=O)CC(C)N(CCCCOC)C1=O. The fourth-order valence-corrected chi connectivity index (χ4v) is 2.55. The molecule has 1 rings (SSSR count). The molecule has 0 aromatic heterocycles. The Kier molecular flexibility index (Phi) is 6.99. The summed E-state index contributed by atoms with van der Waals surface area (Å²) < 4.78 is 5.03. The Morgan fingerprint density at radius 2 is 2.10 bits per heavy atom. The van der Waals surface area contributed by atoms with E-state index in [-0.39, 0.29) is 29.8 Å². The molecule has 3 unspecified atom stereocenters. The number of methoxy groups -OCH3 is 1. The average molecular weight is 284 g/mol. The first-order valence-corrected chi connectivity index (χ1v) is 7.60. The number of carbonyl (C=O) groups is 2. The first-order valence-electron chi connectivity index (χ1n) is 7.60. The van der Waals surface area contributed by atoms with Crippen molar-refractivity contribution < 1.29 is 14.3 Å². The number of ether oxygens (including phenoxy) is 1. The van der Waals surface area contributed by atoms with E-state index < -0.39 is 0 Å². The van der Waals surface area contributed by atoms with Crippen LogP contribution in [0.2, 0.25) is 0 Å². The molecule has 1 heterocycles. The zero-order chi connectivity index (χ0) is 15.1. The van der Waals surface area contributed by atoms with Crippen molar-refractivity contribution in [2.45, 2.75) is 58.5 Å². The van der Waals surface area contributed by atoms with E-state index in [1.165, 1.54) is 0 Å². The standard InChI is InChI=1S/C15H28N2O3/c1-5-11(2)14-15(19)17(8-6-7-9-20-4)12(3)10-13(18)16-14/h11-12,14H,5-10H2,1-4H3,(H,16,18). The summed E-state index contributed by atoms with van der Waals surface area (Å²) in [6.45, 7) is 7.42. The van der Waals surface area contributed by atoms with E-state index in [2.05, 4.69) is 5.32 Å². The molecule has 20 heavy (non-hydrogen) atoms. The Balaban J connectivity index is 2.72. The summed E-state index contributed by atoms with van der Waals surface area (Å²) in [6, 6.07) is -0.404. The highest BCUT2D eigenvalue weighted by Crippen LogP contribution is 2.18. The van der Waals surface area contributed by atoms with Gasteiger partial charge in [-0.25, -0.2) is 0 Å². The largest absolute Gasteiger partial charge is 0.385 e. The van der Waals surface area contributed by atoms with Crippen LogP contribution in [0.25, 0.3) is 0 Å². The lowest BCUT2D eigenvalue weighted by atomic mass is 9.98. The van der Waals surface area contributed by atoms with Crippen molar-refractivity contribution in [3.05, 3.63) is 0 Å². The van der Waals surface area contributed by atoms with Crippen molar-refractivity contribution in [1.82, 2.24) is 10.2 Å². The number of unbranched alkanes of at least 4 members (excludes halogenated alkanes) is 1. The molecule has 1 fully saturated rings. The van der Waals surface area contributed by atoms with Gasteiger partial charge in [0.1, 0.15) is 6.04 Å². The molecular formula is C15H28N2O3. The second kappa shape index (κ2) is 8.25. The molecule has 1 aliphatic rings. The van der Waals surface area contributed by atoms with Crippen LogP contribution in [-0.2, 0) is 14.3 Å². The zero-order valence-electron chi connectivity index (χ0n) is 13.1. The van der Waals surface area contributed by atoms with Crippen LogP contribution in [-0.4, -0.2) is 49.1 Å². The summed E-state index contributed by atoms with van der Waals surface area (Å²) in [5.41, 5.74) is 0. The van der Waals surface area contributed by atoms with Crippen LogP contribution in [0.1, 0.15) is 46.5 Å². The van der Waals surface area contributed by atoms with Gasteiger partial charge in [-0.15, -0.1) is 0 Å². The van der Waals surface area contributed by atoms with Crippen LogP contribution >= 0.6 is 0 Å². The second-order valence-corrected chi connectivity index (χ2v) is 5.72. The molecule has 116 valence electrons. The van der Waals surface area contributed by atoms with Crippen molar-refractivity contribution in [2.75, 3.05) is 20.3 Å². The number of rotatable bonds is 7. The van der Waals surface area contributed by atoms with Gasteiger partial charge in [-0.05, 0) is 25.7 Å². The number of nitrogens with one attached hydrogen (secondary N) is 1. The second-order valence-electron chi connectivity index (χ2n) is 5.72. The normalized spacial score (nSPS) is 25.3. The fraction of sp³-hybridized carbons (Fsp3) is 0.867. The fourth-order valence-electron chi connectivity index (χ4n) is 2.55. The smallest absolute Gasteiger partial charge is 0.245 e. The van der Waals surface area contributed by atoms with Crippen molar-refractivity contribution in [3.8, 4) is 0 Å². The number of amides is 2. The lowest BCUT2D eigenvalue weighted by Gasteiger charge is -2.30. The molecule has 1 aliphatic heterocycles. The molecule has 0 aromatic carbocycles. The molecule has 1 saturated heterocycles. The van der Waals surface area contributed by atoms with Gasteiger partial charge in [-0.2, -0.15) is 0 Å². The third-order valence-electron chi connectivity index (χ3n) is 4.09. The summed E-state index contributed by atoms with van der Waals surface area (Å²) in [6.07, 6.45) is 3.11. The summed E-state index contributed by atoms with van der Waals surface area (Å²) in [7, 11) is 1.68. The lowest BCUT2D eigenvalue weighted by Crippen LogP contribution is -2.49. The third kappa shape index (κ3) is 4.47. The van der Waals surface area contributed by atoms with Gasteiger partial charge in [-0.3, -0.25) is 9.59 Å². The van der Waals surface area contributed by atoms with Gasteiger partial charge in [0.2, 0.25) is 11.8 Å². The highest BCUT2D eigenvalue weighted by molar-refractivity contribution is 5.90. The minimum atomic E-state index is -0.375. The van der Waals surface area contributed by atoms with Crippen LogP contribution < -0.4 is 5.32 Å². The van der Waals surface area contributed by atoms with E-state index >= 15 is 0 Å². The maximum absolute atomic E-state index is 12.6.